The smallest absolute Gasteiger partial charge is 0.306 e. The molecule has 1 aliphatic rings. The van der Waals surface area contributed by atoms with E-state index in [2.05, 4.69) is 11.8 Å². The lowest BCUT2D eigenvalue weighted by atomic mass is 9.96. The summed E-state index contributed by atoms with van der Waals surface area (Å²) in [6, 6.07) is 0. The summed E-state index contributed by atoms with van der Waals surface area (Å²) in [6.45, 7) is 6.23. The molecule has 0 amide bonds. The van der Waals surface area contributed by atoms with E-state index in [0.29, 0.717) is 6.54 Å². The van der Waals surface area contributed by atoms with Crippen molar-refractivity contribution in [2.24, 2.45) is 5.92 Å². The standard InChI is InChI=1S/C11H21NO3/c1-9-3-5-12(6-4-9)8-11(2,15)7-10(13)14/h9,15H,3-8H2,1-2H3,(H,13,14). The minimum atomic E-state index is -1.10. The molecule has 0 saturated carbocycles. The maximum atomic E-state index is 10.5. The topological polar surface area (TPSA) is 60.8 Å². The van der Waals surface area contributed by atoms with Crippen molar-refractivity contribution in [3.8, 4) is 0 Å². The molecule has 1 heterocycles. The average Bonchev–Trinajstić information content (AvgIpc) is 2.06. The molecule has 1 unspecified atom stereocenters. The molecule has 15 heavy (non-hydrogen) atoms. The largest absolute Gasteiger partial charge is 0.481 e. The lowest BCUT2D eigenvalue weighted by Gasteiger charge is -2.35. The number of β-amino-alcohol motifs (C(OH)–C–C–N with tert-alkyl or cyclic N) is 1. The molecule has 0 bridgehead atoms. The summed E-state index contributed by atoms with van der Waals surface area (Å²) >= 11 is 0. The summed E-state index contributed by atoms with van der Waals surface area (Å²) in [5.41, 5.74) is -1.10. The van der Waals surface area contributed by atoms with E-state index in [9.17, 15) is 9.90 Å². The highest BCUT2D eigenvalue weighted by atomic mass is 16.4. The fourth-order valence-electron chi connectivity index (χ4n) is 2.08. The summed E-state index contributed by atoms with van der Waals surface area (Å²) < 4.78 is 0. The molecule has 1 rings (SSSR count). The van der Waals surface area contributed by atoms with E-state index >= 15 is 0 Å². The van der Waals surface area contributed by atoms with Gasteiger partial charge < -0.3 is 15.1 Å². The Hall–Kier alpha value is -0.610. The molecule has 1 atom stereocenters. The number of nitrogens with zero attached hydrogens (tertiary/aromatic N) is 1. The summed E-state index contributed by atoms with van der Waals surface area (Å²) in [6.07, 6.45) is 2.10. The quantitative estimate of drug-likeness (QED) is 0.733. The second-order valence-corrected chi connectivity index (χ2v) is 5.03. The highest BCUT2D eigenvalue weighted by Crippen LogP contribution is 2.19. The van der Waals surface area contributed by atoms with Crippen molar-refractivity contribution in [1.29, 1.82) is 0 Å². The first-order valence-corrected chi connectivity index (χ1v) is 5.55. The van der Waals surface area contributed by atoms with Gasteiger partial charge in [0.05, 0.1) is 12.0 Å². The first kappa shape index (κ1) is 12.5. The average molecular weight is 215 g/mol. The number of hydrogen-bond acceptors (Lipinski definition) is 3. The van der Waals surface area contributed by atoms with Crippen LogP contribution in [0.5, 0.6) is 0 Å². The number of rotatable bonds is 4. The molecule has 0 aromatic rings. The third-order valence-corrected chi connectivity index (χ3v) is 2.97. The zero-order chi connectivity index (χ0) is 11.5. The Balaban J connectivity index is 2.36. The third-order valence-electron chi connectivity index (χ3n) is 2.97. The van der Waals surface area contributed by atoms with Gasteiger partial charge in [-0.2, -0.15) is 0 Å². The number of carbonyl (C=O) groups is 1. The minimum Gasteiger partial charge on any atom is -0.481 e. The van der Waals surface area contributed by atoms with Crippen LogP contribution in [-0.4, -0.2) is 46.3 Å². The molecule has 0 spiro atoms. The van der Waals surface area contributed by atoms with Crippen LogP contribution in [0.4, 0.5) is 0 Å². The Morgan fingerprint density at radius 3 is 2.47 bits per heavy atom. The van der Waals surface area contributed by atoms with Gasteiger partial charge in [0.1, 0.15) is 0 Å². The summed E-state index contributed by atoms with van der Waals surface area (Å²) in [4.78, 5) is 12.7. The van der Waals surface area contributed by atoms with E-state index in [4.69, 9.17) is 5.11 Å². The predicted octanol–water partition coefficient (Wildman–Crippen LogP) is 0.944. The number of aliphatic carboxylic acids is 1. The molecule has 4 nitrogen and oxygen atoms in total. The Bertz CT molecular complexity index is 220. The summed E-state index contributed by atoms with van der Waals surface area (Å²) in [5.74, 6) is -0.184. The maximum Gasteiger partial charge on any atom is 0.306 e. The van der Waals surface area contributed by atoms with Crippen molar-refractivity contribution >= 4 is 5.97 Å². The summed E-state index contributed by atoms with van der Waals surface area (Å²) in [5, 5.41) is 18.5. The van der Waals surface area contributed by atoms with Crippen molar-refractivity contribution in [1.82, 2.24) is 4.90 Å². The Morgan fingerprint density at radius 2 is 2.00 bits per heavy atom. The Kier molecular flexibility index (Phi) is 4.11. The second kappa shape index (κ2) is 4.94. The number of carboxylic acid groups (broad SMARTS) is 1. The highest BCUT2D eigenvalue weighted by Gasteiger charge is 2.28. The molecular formula is C11H21NO3. The monoisotopic (exact) mass is 215 g/mol. The molecule has 88 valence electrons. The molecule has 1 aliphatic heterocycles. The van der Waals surface area contributed by atoms with E-state index in [1.165, 1.54) is 0 Å². The Morgan fingerprint density at radius 1 is 1.47 bits per heavy atom. The zero-order valence-electron chi connectivity index (χ0n) is 9.57. The van der Waals surface area contributed by atoms with Crippen LogP contribution in [-0.2, 0) is 4.79 Å². The molecule has 0 aromatic heterocycles. The lowest BCUT2D eigenvalue weighted by Crippen LogP contribution is -2.45. The van der Waals surface area contributed by atoms with Crippen molar-refractivity contribution in [3.05, 3.63) is 0 Å². The summed E-state index contributed by atoms with van der Waals surface area (Å²) in [7, 11) is 0. The van der Waals surface area contributed by atoms with Gasteiger partial charge in [0.2, 0.25) is 0 Å². The molecule has 1 saturated heterocycles. The van der Waals surface area contributed by atoms with Crippen LogP contribution in [0.1, 0.15) is 33.1 Å². The van der Waals surface area contributed by atoms with Crippen molar-refractivity contribution in [2.45, 2.75) is 38.7 Å². The molecule has 4 heteroatoms. The predicted molar refractivity (Wildman–Crippen MR) is 57.7 cm³/mol. The zero-order valence-corrected chi connectivity index (χ0v) is 9.57. The second-order valence-electron chi connectivity index (χ2n) is 5.03. The van der Waals surface area contributed by atoms with Gasteiger partial charge in [-0.1, -0.05) is 6.92 Å². The lowest BCUT2D eigenvalue weighted by molar-refractivity contribution is -0.142. The Labute approximate surface area is 90.9 Å². The highest BCUT2D eigenvalue weighted by molar-refractivity contribution is 5.68. The van der Waals surface area contributed by atoms with Gasteiger partial charge in [-0.15, -0.1) is 0 Å². The van der Waals surface area contributed by atoms with Gasteiger partial charge >= 0.3 is 5.97 Å². The number of carboxylic acids is 1. The first-order valence-electron chi connectivity index (χ1n) is 5.55. The first-order chi connectivity index (χ1) is 6.89. The SMILES string of the molecule is CC1CCN(CC(C)(O)CC(=O)O)CC1. The number of hydrogen-bond donors (Lipinski definition) is 2. The molecule has 0 radical (unpaired) electrons. The third kappa shape index (κ3) is 4.62. The number of piperidine rings is 1. The van der Waals surface area contributed by atoms with E-state index in [0.717, 1.165) is 31.8 Å². The van der Waals surface area contributed by atoms with Crippen LogP contribution < -0.4 is 0 Å². The van der Waals surface area contributed by atoms with Gasteiger partial charge in [-0.05, 0) is 38.8 Å². The van der Waals surface area contributed by atoms with Crippen LogP contribution in [0.2, 0.25) is 0 Å². The molecule has 2 N–H and O–H groups in total. The van der Waals surface area contributed by atoms with E-state index in [1.54, 1.807) is 6.92 Å². The van der Waals surface area contributed by atoms with Gasteiger partial charge in [-0.25, -0.2) is 0 Å². The molecule has 1 fully saturated rings. The van der Waals surface area contributed by atoms with E-state index in [-0.39, 0.29) is 6.42 Å². The van der Waals surface area contributed by atoms with Crippen LogP contribution in [0.25, 0.3) is 0 Å². The fourth-order valence-corrected chi connectivity index (χ4v) is 2.08. The van der Waals surface area contributed by atoms with E-state index in [1.807, 2.05) is 0 Å². The molecule has 0 aliphatic carbocycles. The maximum absolute atomic E-state index is 10.5. The fraction of sp³-hybridized carbons (Fsp3) is 0.909. The van der Waals surface area contributed by atoms with Crippen molar-refractivity contribution in [3.63, 3.8) is 0 Å². The van der Waals surface area contributed by atoms with Gasteiger partial charge in [0.25, 0.3) is 0 Å². The van der Waals surface area contributed by atoms with Crippen LogP contribution >= 0.6 is 0 Å². The van der Waals surface area contributed by atoms with Crippen molar-refractivity contribution in [2.75, 3.05) is 19.6 Å². The van der Waals surface area contributed by atoms with Crippen LogP contribution in [0, 0.1) is 5.92 Å². The van der Waals surface area contributed by atoms with Gasteiger partial charge in [-0.3, -0.25) is 4.79 Å². The normalized spacial score (nSPS) is 23.7. The minimum absolute atomic E-state index is 0.181. The van der Waals surface area contributed by atoms with Crippen molar-refractivity contribution < 1.29 is 15.0 Å². The van der Waals surface area contributed by atoms with Crippen LogP contribution in [0.3, 0.4) is 0 Å². The molecule has 0 aromatic carbocycles. The number of likely N-dealkylation sites (tertiary alicyclic amines) is 1. The van der Waals surface area contributed by atoms with Crippen LogP contribution in [0.15, 0.2) is 0 Å². The van der Waals surface area contributed by atoms with Gasteiger partial charge in [0, 0.05) is 6.54 Å². The number of aliphatic hydroxyl groups is 1. The molecular weight excluding hydrogens is 194 g/mol. The van der Waals surface area contributed by atoms with Gasteiger partial charge in [0.15, 0.2) is 0 Å². The van der Waals surface area contributed by atoms with E-state index < -0.39 is 11.6 Å².